The molecule has 174 valence electrons. The fourth-order valence-electron chi connectivity index (χ4n) is 3.51. The predicted molar refractivity (Wildman–Crippen MR) is 136 cm³/mol. The minimum absolute atomic E-state index is 0.0750. The van der Waals surface area contributed by atoms with Crippen molar-refractivity contribution in [1.29, 1.82) is 0 Å². The van der Waals surface area contributed by atoms with E-state index in [-0.39, 0.29) is 15.5 Å². The van der Waals surface area contributed by atoms with Crippen LogP contribution in [0.15, 0.2) is 83.1 Å². The summed E-state index contributed by atoms with van der Waals surface area (Å²) in [5, 5.41) is 4.51. The number of carbonyl (C=O) groups excluding carboxylic acids is 1. The molecule has 0 aliphatic rings. The molecule has 0 spiro atoms. The fourth-order valence-corrected chi connectivity index (χ4v) is 6.36. The van der Waals surface area contributed by atoms with Crippen molar-refractivity contribution >= 4 is 38.6 Å². The lowest BCUT2D eigenvalue weighted by atomic mass is 10.1. The third-order valence-electron chi connectivity index (χ3n) is 5.61. The van der Waals surface area contributed by atoms with Gasteiger partial charge < -0.3 is 5.32 Å². The third-order valence-corrected chi connectivity index (χ3v) is 8.59. The van der Waals surface area contributed by atoms with E-state index >= 15 is 0 Å². The van der Waals surface area contributed by atoms with Gasteiger partial charge in [0.2, 0.25) is 0 Å². The molecule has 1 heterocycles. The van der Waals surface area contributed by atoms with Gasteiger partial charge in [-0.3, -0.25) is 9.10 Å². The van der Waals surface area contributed by atoms with Crippen LogP contribution in [0.5, 0.6) is 0 Å². The number of halogens is 1. The van der Waals surface area contributed by atoms with Crippen molar-refractivity contribution in [1.82, 2.24) is 0 Å². The fraction of sp³-hybridized carbons (Fsp3) is 0.115. The zero-order valence-corrected chi connectivity index (χ0v) is 20.5. The van der Waals surface area contributed by atoms with E-state index in [0.29, 0.717) is 16.8 Å². The van der Waals surface area contributed by atoms with Gasteiger partial charge in [0, 0.05) is 23.7 Å². The number of rotatable bonds is 6. The van der Waals surface area contributed by atoms with Gasteiger partial charge in [0.25, 0.3) is 15.9 Å². The highest BCUT2D eigenvalue weighted by molar-refractivity contribution is 7.93. The van der Waals surface area contributed by atoms with E-state index in [0.717, 1.165) is 26.8 Å². The second-order valence-electron chi connectivity index (χ2n) is 7.88. The number of aryl methyl sites for hydroxylation is 2. The average Bonchev–Trinajstić information content (AvgIpc) is 3.28. The highest BCUT2D eigenvalue weighted by atomic mass is 32.2. The molecule has 0 unspecified atom stereocenters. The van der Waals surface area contributed by atoms with Crippen LogP contribution >= 0.6 is 11.3 Å². The summed E-state index contributed by atoms with van der Waals surface area (Å²) in [6.07, 6.45) is 0. The SMILES string of the molecule is Cc1ccc(NC(=O)c2scc(-c3ccccc3)c2S(=O)(=O)N(C)c2ccc(F)cc2)cc1C. The van der Waals surface area contributed by atoms with Crippen LogP contribution in [-0.2, 0) is 10.0 Å². The highest BCUT2D eigenvalue weighted by Crippen LogP contribution is 2.38. The molecule has 4 aromatic rings. The van der Waals surface area contributed by atoms with Gasteiger partial charge in [-0.1, -0.05) is 36.4 Å². The number of thiophene rings is 1. The van der Waals surface area contributed by atoms with E-state index in [2.05, 4.69) is 5.32 Å². The Morgan fingerprint density at radius 1 is 0.941 bits per heavy atom. The Morgan fingerprint density at radius 2 is 1.62 bits per heavy atom. The first-order valence-corrected chi connectivity index (χ1v) is 12.8. The van der Waals surface area contributed by atoms with Gasteiger partial charge in [0.15, 0.2) is 0 Å². The summed E-state index contributed by atoms with van der Waals surface area (Å²) in [6.45, 7) is 3.92. The third kappa shape index (κ3) is 4.60. The Bertz CT molecular complexity index is 1450. The molecule has 0 aliphatic heterocycles. The summed E-state index contributed by atoms with van der Waals surface area (Å²) in [7, 11) is -2.77. The first-order valence-electron chi connectivity index (χ1n) is 10.5. The molecule has 0 aliphatic carbocycles. The molecule has 1 N–H and O–H groups in total. The molecule has 34 heavy (non-hydrogen) atoms. The second-order valence-corrected chi connectivity index (χ2v) is 10.7. The van der Waals surface area contributed by atoms with Gasteiger partial charge >= 0.3 is 0 Å². The van der Waals surface area contributed by atoms with Crippen molar-refractivity contribution in [2.24, 2.45) is 0 Å². The van der Waals surface area contributed by atoms with Gasteiger partial charge in [-0.15, -0.1) is 11.3 Å². The van der Waals surface area contributed by atoms with E-state index in [1.807, 2.05) is 44.2 Å². The van der Waals surface area contributed by atoms with Gasteiger partial charge in [-0.05, 0) is 66.9 Å². The van der Waals surface area contributed by atoms with Crippen molar-refractivity contribution < 1.29 is 17.6 Å². The Kier molecular flexibility index (Phi) is 6.54. The monoisotopic (exact) mass is 494 g/mol. The molecule has 0 fully saturated rings. The lowest BCUT2D eigenvalue weighted by molar-refractivity contribution is 0.102. The summed E-state index contributed by atoms with van der Waals surface area (Å²) in [4.78, 5) is 13.3. The molecule has 0 bridgehead atoms. The van der Waals surface area contributed by atoms with Crippen LogP contribution in [0, 0.1) is 19.7 Å². The number of nitrogens with one attached hydrogen (secondary N) is 1. The van der Waals surface area contributed by atoms with Crippen molar-refractivity contribution in [2.45, 2.75) is 18.7 Å². The van der Waals surface area contributed by atoms with Crippen molar-refractivity contribution in [3.63, 3.8) is 0 Å². The first-order chi connectivity index (χ1) is 16.2. The topological polar surface area (TPSA) is 66.5 Å². The molecule has 1 aromatic heterocycles. The number of benzene rings is 3. The van der Waals surface area contributed by atoms with Gasteiger partial charge in [0.05, 0.1) is 5.69 Å². The standard InChI is InChI=1S/C26H23FN2O3S2/c1-17-9-12-21(15-18(17)2)28-26(30)24-25(23(16-33-24)19-7-5-4-6-8-19)34(31,32)29(3)22-13-10-20(27)11-14-22/h4-16H,1-3H3,(H,28,30). The van der Waals surface area contributed by atoms with Crippen LogP contribution < -0.4 is 9.62 Å². The largest absolute Gasteiger partial charge is 0.321 e. The normalized spacial score (nSPS) is 11.3. The maximum absolute atomic E-state index is 13.8. The van der Waals surface area contributed by atoms with Crippen molar-refractivity contribution in [2.75, 3.05) is 16.7 Å². The average molecular weight is 495 g/mol. The molecular formula is C26H23FN2O3S2. The lowest BCUT2D eigenvalue weighted by Crippen LogP contribution is -2.28. The molecular weight excluding hydrogens is 471 g/mol. The Morgan fingerprint density at radius 3 is 2.26 bits per heavy atom. The van der Waals surface area contributed by atoms with E-state index in [9.17, 15) is 17.6 Å². The molecule has 8 heteroatoms. The summed E-state index contributed by atoms with van der Waals surface area (Å²) >= 11 is 1.07. The smallest absolute Gasteiger partial charge is 0.267 e. The Balaban J connectivity index is 1.82. The van der Waals surface area contributed by atoms with Crippen LogP contribution in [0.1, 0.15) is 20.8 Å². The molecule has 0 saturated heterocycles. The minimum atomic E-state index is -4.16. The van der Waals surface area contributed by atoms with E-state index < -0.39 is 21.7 Å². The summed E-state index contributed by atoms with van der Waals surface area (Å²) < 4.78 is 42.1. The molecule has 3 aromatic carbocycles. The van der Waals surface area contributed by atoms with Crippen LogP contribution in [-0.4, -0.2) is 21.4 Å². The van der Waals surface area contributed by atoms with Gasteiger partial charge in [-0.25, -0.2) is 12.8 Å². The van der Waals surface area contributed by atoms with E-state index in [1.54, 1.807) is 23.6 Å². The van der Waals surface area contributed by atoms with Gasteiger partial charge in [-0.2, -0.15) is 0 Å². The Hall–Kier alpha value is -3.49. The minimum Gasteiger partial charge on any atom is -0.321 e. The maximum Gasteiger partial charge on any atom is 0.267 e. The van der Waals surface area contributed by atoms with E-state index in [4.69, 9.17) is 0 Å². The lowest BCUT2D eigenvalue weighted by Gasteiger charge is -2.21. The first kappa shape index (κ1) is 23.7. The van der Waals surface area contributed by atoms with Crippen LogP contribution in [0.3, 0.4) is 0 Å². The number of hydrogen-bond acceptors (Lipinski definition) is 4. The van der Waals surface area contributed by atoms with Crippen LogP contribution in [0.2, 0.25) is 0 Å². The quantitative estimate of drug-likeness (QED) is 0.345. The number of hydrogen-bond donors (Lipinski definition) is 1. The molecule has 1 amide bonds. The van der Waals surface area contributed by atoms with Gasteiger partial charge in [0.1, 0.15) is 15.6 Å². The number of amides is 1. The van der Waals surface area contributed by atoms with Crippen LogP contribution in [0.4, 0.5) is 15.8 Å². The summed E-state index contributed by atoms with van der Waals surface area (Å²) in [5.41, 5.74) is 4.08. The number of nitrogens with zero attached hydrogens (tertiary/aromatic N) is 1. The number of sulfonamides is 1. The number of anilines is 2. The zero-order chi connectivity index (χ0) is 24.5. The zero-order valence-electron chi connectivity index (χ0n) is 18.9. The number of carbonyl (C=O) groups is 1. The molecule has 5 nitrogen and oxygen atoms in total. The highest BCUT2D eigenvalue weighted by Gasteiger charge is 2.32. The Labute approximate surface area is 202 Å². The molecule has 0 radical (unpaired) electrons. The maximum atomic E-state index is 13.8. The van der Waals surface area contributed by atoms with Crippen LogP contribution in [0.25, 0.3) is 11.1 Å². The van der Waals surface area contributed by atoms with Crippen molar-refractivity contribution in [3.05, 3.63) is 100.0 Å². The second kappa shape index (κ2) is 9.40. The van der Waals surface area contributed by atoms with Crippen molar-refractivity contribution in [3.8, 4) is 11.1 Å². The predicted octanol–water partition coefficient (Wildman–Crippen LogP) is 6.25. The molecule has 0 saturated carbocycles. The molecule has 4 rings (SSSR count). The summed E-state index contributed by atoms with van der Waals surface area (Å²) in [5.74, 6) is -0.981. The molecule has 0 atom stereocenters. The van der Waals surface area contributed by atoms with E-state index in [1.165, 1.54) is 31.3 Å². The summed E-state index contributed by atoms with van der Waals surface area (Å²) in [6, 6.07) is 19.7.